The van der Waals surface area contributed by atoms with Crippen molar-refractivity contribution in [3.05, 3.63) is 54.6 Å². The minimum absolute atomic E-state index is 0.261. The van der Waals surface area contributed by atoms with Crippen molar-refractivity contribution in [3.63, 3.8) is 0 Å². The maximum absolute atomic E-state index is 12.4. The molecule has 190 valence electrons. The number of hydrogen-bond acceptors (Lipinski definition) is 8. The summed E-state index contributed by atoms with van der Waals surface area (Å²) in [5, 5.41) is 19.1. The molecule has 3 aromatic rings. The average molecular weight is 507 g/mol. The van der Waals surface area contributed by atoms with Crippen LogP contribution in [0.25, 0.3) is 11.1 Å². The highest BCUT2D eigenvalue weighted by molar-refractivity contribution is 7.82. The van der Waals surface area contributed by atoms with Crippen molar-refractivity contribution in [2.45, 2.75) is 31.6 Å². The summed E-state index contributed by atoms with van der Waals surface area (Å²) in [6.45, 7) is 6.96. The fraction of sp³-hybridized carbons (Fsp3) is 0.385. The molecule has 0 amide bonds. The van der Waals surface area contributed by atoms with Gasteiger partial charge in [0.1, 0.15) is 28.7 Å². The van der Waals surface area contributed by atoms with Gasteiger partial charge in [-0.05, 0) is 63.6 Å². The number of hydrogen-bond donors (Lipinski definition) is 3. The fourth-order valence-corrected chi connectivity index (χ4v) is 4.57. The molecule has 1 fully saturated rings. The summed E-state index contributed by atoms with van der Waals surface area (Å²) in [7, 11) is 2.40. The van der Waals surface area contributed by atoms with E-state index in [-0.39, 0.29) is 5.69 Å². The monoisotopic (exact) mass is 506 g/mol. The van der Waals surface area contributed by atoms with Gasteiger partial charge in [0.05, 0.1) is 17.3 Å². The number of aromatic nitrogens is 3. The molecule has 1 aliphatic rings. The Labute approximate surface area is 216 Å². The first-order valence-corrected chi connectivity index (χ1v) is 13.3. The van der Waals surface area contributed by atoms with Crippen molar-refractivity contribution in [1.82, 2.24) is 24.6 Å². The lowest BCUT2D eigenvalue weighted by molar-refractivity contribution is 0.390. The van der Waals surface area contributed by atoms with Gasteiger partial charge in [-0.1, -0.05) is 26.0 Å². The second-order valence-corrected chi connectivity index (χ2v) is 10.00. The van der Waals surface area contributed by atoms with Crippen LogP contribution in [0.5, 0.6) is 0 Å². The predicted molar refractivity (Wildman–Crippen MR) is 145 cm³/mol. The molecule has 0 bridgehead atoms. The highest BCUT2D eigenvalue weighted by Gasteiger charge is 2.15. The number of benzene rings is 1. The third kappa shape index (κ3) is 7.31. The van der Waals surface area contributed by atoms with Gasteiger partial charge in [-0.15, -0.1) is 0 Å². The normalized spacial score (nSPS) is 14.3. The number of rotatable bonds is 8. The van der Waals surface area contributed by atoms with Crippen molar-refractivity contribution in [2.24, 2.45) is 5.92 Å². The molecular formula is C26H34N8OS. The molecule has 3 heterocycles. The summed E-state index contributed by atoms with van der Waals surface area (Å²) in [6, 6.07) is 11.7. The molecule has 10 heteroatoms. The quantitative estimate of drug-likeness (QED) is 0.416. The Morgan fingerprint density at radius 3 is 2.36 bits per heavy atom. The molecule has 0 radical (unpaired) electrons. The standard InChI is InChI=1S/C24H28N8OS.C2H6/c1-32(2)34(33)20-5-3-18(4-6-20)21-15-30-23(31-24-16-27-19(12-25)14-29-24)11-22(21)28-13-17-7-9-26-10-8-17;1-2/h3-6,11,14-17,26H,7-10,13H2,1-2H3,(H2,28,29,30,31);1-2H3. The Morgan fingerprint density at radius 2 is 1.75 bits per heavy atom. The third-order valence-electron chi connectivity index (χ3n) is 5.67. The molecule has 1 unspecified atom stereocenters. The van der Waals surface area contributed by atoms with Crippen molar-refractivity contribution >= 4 is 28.3 Å². The minimum Gasteiger partial charge on any atom is -0.384 e. The average Bonchev–Trinajstić information content (AvgIpc) is 2.94. The van der Waals surface area contributed by atoms with Crippen LogP contribution in [0.2, 0.25) is 0 Å². The predicted octanol–water partition coefficient (Wildman–Crippen LogP) is 4.18. The maximum Gasteiger partial charge on any atom is 0.158 e. The fourth-order valence-electron chi connectivity index (χ4n) is 3.78. The first-order chi connectivity index (χ1) is 17.5. The Hall–Kier alpha value is -3.39. The van der Waals surface area contributed by atoms with Gasteiger partial charge in [0.25, 0.3) is 0 Å². The lowest BCUT2D eigenvalue weighted by atomic mass is 9.97. The highest BCUT2D eigenvalue weighted by Crippen LogP contribution is 2.31. The molecule has 1 saturated heterocycles. The first kappa shape index (κ1) is 27.2. The van der Waals surface area contributed by atoms with Crippen LogP contribution in [-0.2, 0) is 11.0 Å². The van der Waals surface area contributed by atoms with Gasteiger partial charge in [0, 0.05) is 30.1 Å². The SMILES string of the molecule is CC.CN(C)S(=O)c1ccc(-c2cnc(Nc3cnc(C#N)cn3)cc2NCC2CCNCC2)cc1. The van der Waals surface area contributed by atoms with Crippen LogP contribution in [0, 0.1) is 17.2 Å². The summed E-state index contributed by atoms with van der Waals surface area (Å²) in [6.07, 6.45) is 7.04. The van der Waals surface area contributed by atoms with Gasteiger partial charge in [-0.3, -0.25) is 0 Å². The van der Waals surface area contributed by atoms with Crippen LogP contribution in [0.3, 0.4) is 0 Å². The Kier molecular flexibility index (Phi) is 10.3. The van der Waals surface area contributed by atoms with E-state index in [4.69, 9.17) is 5.26 Å². The van der Waals surface area contributed by atoms with Crippen LogP contribution in [0.1, 0.15) is 32.4 Å². The van der Waals surface area contributed by atoms with Crippen molar-refractivity contribution < 1.29 is 4.21 Å². The van der Waals surface area contributed by atoms with E-state index >= 15 is 0 Å². The Balaban J connectivity index is 0.00000176. The van der Waals surface area contributed by atoms with Crippen molar-refractivity contribution in [1.29, 1.82) is 5.26 Å². The molecule has 1 aliphatic heterocycles. The van der Waals surface area contributed by atoms with E-state index in [9.17, 15) is 4.21 Å². The van der Waals surface area contributed by atoms with Gasteiger partial charge in [0.2, 0.25) is 0 Å². The molecule has 2 aromatic heterocycles. The summed E-state index contributed by atoms with van der Waals surface area (Å²) in [4.78, 5) is 13.6. The molecule has 4 rings (SSSR count). The summed E-state index contributed by atoms with van der Waals surface area (Å²) >= 11 is 0. The smallest absolute Gasteiger partial charge is 0.158 e. The zero-order chi connectivity index (χ0) is 25.9. The van der Waals surface area contributed by atoms with E-state index in [1.807, 2.05) is 56.4 Å². The second kappa shape index (κ2) is 13.6. The van der Waals surface area contributed by atoms with E-state index in [0.717, 1.165) is 54.2 Å². The van der Waals surface area contributed by atoms with Crippen molar-refractivity contribution in [3.8, 4) is 17.2 Å². The molecule has 3 N–H and O–H groups in total. The molecule has 0 aliphatic carbocycles. The molecule has 0 spiro atoms. The van der Waals surface area contributed by atoms with E-state index in [2.05, 4.69) is 30.9 Å². The zero-order valence-electron chi connectivity index (χ0n) is 21.3. The number of nitrogens with one attached hydrogen (secondary N) is 3. The van der Waals surface area contributed by atoms with Gasteiger partial charge in [-0.25, -0.2) is 23.5 Å². The maximum atomic E-state index is 12.4. The van der Waals surface area contributed by atoms with Crippen LogP contribution in [0.15, 0.2) is 53.8 Å². The molecule has 9 nitrogen and oxygen atoms in total. The minimum atomic E-state index is -1.19. The van der Waals surface area contributed by atoms with Crippen LogP contribution < -0.4 is 16.0 Å². The summed E-state index contributed by atoms with van der Waals surface area (Å²) < 4.78 is 14.0. The number of nitriles is 1. The van der Waals surface area contributed by atoms with E-state index in [0.29, 0.717) is 17.6 Å². The molecule has 1 aromatic carbocycles. The first-order valence-electron chi connectivity index (χ1n) is 12.2. The number of pyridine rings is 1. The van der Waals surface area contributed by atoms with Gasteiger partial charge >= 0.3 is 0 Å². The topological polar surface area (TPSA) is 119 Å². The largest absolute Gasteiger partial charge is 0.384 e. The van der Waals surface area contributed by atoms with E-state index in [1.165, 1.54) is 12.4 Å². The Morgan fingerprint density at radius 1 is 1.06 bits per heavy atom. The van der Waals surface area contributed by atoms with Gasteiger partial charge < -0.3 is 16.0 Å². The summed E-state index contributed by atoms with van der Waals surface area (Å²) in [5.41, 5.74) is 3.17. The van der Waals surface area contributed by atoms with Crippen LogP contribution >= 0.6 is 0 Å². The number of piperidine rings is 1. The zero-order valence-corrected chi connectivity index (χ0v) is 22.1. The molecule has 1 atom stereocenters. The van der Waals surface area contributed by atoms with E-state index < -0.39 is 11.0 Å². The van der Waals surface area contributed by atoms with Crippen LogP contribution in [-0.4, -0.2) is 57.2 Å². The highest BCUT2D eigenvalue weighted by atomic mass is 32.2. The van der Waals surface area contributed by atoms with Gasteiger partial charge in [-0.2, -0.15) is 5.26 Å². The van der Waals surface area contributed by atoms with Crippen LogP contribution in [0.4, 0.5) is 17.3 Å². The summed E-state index contributed by atoms with van der Waals surface area (Å²) in [5.74, 6) is 1.74. The Bertz CT molecular complexity index is 1170. The lowest BCUT2D eigenvalue weighted by Crippen LogP contribution is -2.31. The van der Waals surface area contributed by atoms with E-state index in [1.54, 1.807) is 18.4 Å². The number of anilines is 3. The lowest BCUT2D eigenvalue weighted by Gasteiger charge is -2.24. The molecule has 36 heavy (non-hydrogen) atoms. The second-order valence-electron chi connectivity index (χ2n) is 8.30. The third-order valence-corrected chi connectivity index (χ3v) is 7.00. The van der Waals surface area contributed by atoms with Gasteiger partial charge in [0.15, 0.2) is 5.69 Å². The van der Waals surface area contributed by atoms with Crippen molar-refractivity contribution in [2.75, 3.05) is 44.4 Å². The molecule has 0 saturated carbocycles. The molecular weight excluding hydrogens is 472 g/mol. The number of nitrogens with zero attached hydrogens (tertiary/aromatic N) is 5.